The molecule has 0 aliphatic rings. The standard InChI is InChI=1S/C20H20N4O4/c1-27-17-8-15(9-18(10-17)28-2)19(25)22-23-20(26)16-11-21-24(13-16)12-14-6-4-3-5-7-14/h3-11,13H,12H2,1-2H3,(H,22,25)(H,23,26). The molecule has 0 atom stereocenters. The Kier molecular flexibility index (Phi) is 5.91. The number of benzene rings is 2. The van der Waals surface area contributed by atoms with Gasteiger partial charge in [0.2, 0.25) is 0 Å². The number of hydrazine groups is 1. The van der Waals surface area contributed by atoms with Crippen LogP contribution in [0.4, 0.5) is 0 Å². The Bertz CT molecular complexity index is 947. The summed E-state index contributed by atoms with van der Waals surface area (Å²) in [6.45, 7) is 0.546. The number of nitrogens with zero attached hydrogens (tertiary/aromatic N) is 2. The average Bonchev–Trinajstić information content (AvgIpc) is 3.20. The average molecular weight is 380 g/mol. The highest BCUT2D eigenvalue weighted by molar-refractivity contribution is 5.99. The molecule has 8 heteroatoms. The minimum atomic E-state index is -0.498. The van der Waals surface area contributed by atoms with Gasteiger partial charge < -0.3 is 9.47 Å². The number of hydrogen-bond donors (Lipinski definition) is 2. The van der Waals surface area contributed by atoms with E-state index >= 15 is 0 Å². The van der Waals surface area contributed by atoms with E-state index in [2.05, 4.69) is 16.0 Å². The number of rotatable bonds is 6. The van der Waals surface area contributed by atoms with Crippen LogP contribution in [-0.2, 0) is 6.54 Å². The number of carbonyl (C=O) groups is 2. The maximum atomic E-state index is 12.3. The van der Waals surface area contributed by atoms with Crippen molar-refractivity contribution in [3.05, 3.63) is 77.6 Å². The topological polar surface area (TPSA) is 94.5 Å². The van der Waals surface area contributed by atoms with Gasteiger partial charge in [0.1, 0.15) is 11.5 Å². The summed E-state index contributed by atoms with van der Waals surface area (Å²) in [6.07, 6.45) is 3.06. The van der Waals surface area contributed by atoms with Crippen molar-refractivity contribution < 1.29 is 19.1 Å². The number of ether oxygens (including phenoxy) is 2. The van der Waals surface area contributed by atoms with Gasteiger partial charge >= 0.3 is 0 Å². The maximum absolute atomic E-state index is 12.3. The van der Waals surface area contributed by atoms with Crippen LogP contribution in [0.2, 0.25) is 0 Å². The molecule has 144 valence electrons. The van der Waals surface area contributed by atoms with Gasteiger partial charge in [-0.2, -0.15) is 5.10 Å². The third-order valence-electron chi connectivity index (χ3n) is 3.99. The summed E-state index contributed by atoms with van der Waals surface area (Å²) in [6, 6.07) is 14.5. The van der Waals surface area contributed by atoms with Gasteiger partial charge in [0.25, 0.3) is 11.8 Å². The lowest BCUT2D eigenvalue weighted by Crippen LogP contribution is -2.41. The highest BCUT2D eigenvalue weighted by Crippen LogP contribution is 2.22. The molecule has 3 rings (SSSR count). The molecule has 1 heterocycles. The van der Waals surface area contributed by atoms with Crippen molar-refractivity contribution in [1.82, 2.24) is 20.6 Å². The number of amides is 2. The van der Waals surface area contributed by atoms with Gasteiger partial charge in [-0.3, -0.25) is 25.1 Å². The summed E-state index contributed by atoms with van der Waals surface area (Å²) in [5, 5.41) is 4.17. The molecule has 8 nitrogen and oxygen atoms in total. The summed E-state index contributed by atoms with van der Waals surface area (Å²) < 4.78 is 11.9. The molecule has 2 amide bonds. The van der Waals surface area contributed by atoms with Gasteiger partial charge in [-0.15, -0.1) is 0 Å². The van der Waals surface area contributed by atoms with Crippen LogP contribution in [-0.4, -0.2) is 35.8 Å². The summed E-state index contributed by atoms with van der Waals surface area (Å²) in [5.74, 6) is -0.0271. The lowest BCUT2D eigenvalue weighted by molar-refractivity contribution is 0.0846. The van der Waals surface area contributed by atoms with E-state index in [9.17, 15) is 9.59 Å². The van der Waals surface area contributed by atoms with E-state index in [0.717, 1.165) is 5.56 Å². The Hall–Kier alpha value is -3.81. The molecule has 0 bridgehead atoms. The van der Waals surface area contributed by atoms with E-state index in [0.29, 0.717) is 23.6 Å². The van der Waals surface area contributed by atoms with Crippen LogP contribution < -0.4 is 20.3 Å². The highest BCUT2D eigenvalue weighted by Gasteiger charge is 2.13. The second-order valence-corrected chi connectivity index (χ2v) is 5.92. The molecular formula is C20H20N4O4. The Morgan fingerprint density at radius 1 is 0.929 bits per heavy atom. The first-order chi connectivity index (χ1) is 13.6. The summed E-state index contributed by atoms with van der Waals surface area (Å²) in [4.78, 5) is 24.6. The Morgan fingerprint density at radius 2 is 1.54 bits per heavy atom. The monoisotopic (exact) mass is 380 g/mol. The largest absolute Gasteiger partial charge is 0.497 e. The van der Waals surface area contributed by atoms with Crippen molar-refractivity contribution in [3.8, 4) is 11.5 Å². The Labute approximate surface area is 162 Å². The van der Waals surface area contributed by atoms with Crippen molar-refractivity contribution in [2.45, 2.75) is 6.54 Å². The molecule has 0 fully saturated rings. The fraction of sp³-hybridized carbons (Fsp3) is 0.150. The van der Waals surface area contributed by atoms with Crippen LogP contribution in [0, 0.1) is 0 Å². The fourth-order valence-electron chi connectivity index (χ4n) is 2.53. The molecule has 0 saturated carbocycles. The first-order valence-corrected chi connectivity index (χ1v) is 8.49. The van der Waals surface area contributed by atoms with Crippen molar-refractivity contribution >= 4 is 11.8 Å². The molecule has 0 aliphatic carbocycles. The maximum Gasteiger partial charge on any atom is 0.272 e. The highest BCUT2D eigenvalue weighted by atomic mass is 16.5. The molecule has 28 heavy (non-hydrogen) atoms. The van der Waals surface area contributed by atoms with Crippen LogP contribution in [0.5, 0.6) is 11.5 Å². The van der Waals surface area contributed by atoms with E-state index in [1.165, 1.54) is 20.4 Å². The van der Waals surface area contributed by atoms with Crippen molar-refractivity contribution in [2.24, 2.45) is 0 Å². The minimum Gasteiger partial charge on any atom is -0.497 e. The number of carbonyl (C=O) groups excluding carboxylic acids is 2. The lowest BCUT2D eigenvalue weighted by atomic mass is 10.2. The number of hydrogen-bond acceptors (Lipinski definition) is 5. The molecule has 0 unspecified atom stereocenters. The number of nitrogens with one attached hydrogen (secondary N) is 2. The van der Waals surface area contributed by atoms with E-state index in [1.54, 1.807) is 29.1 Å². The molecule has 0 aliphatic heterocycles. The van der Waals surface area contributed by atoms with Crippen molar-refractivity contribution in [1.29, 1.82) is 0 Å². The third-order valence-corrected chi connectivity index (χ3v) is 3.99. The molecule has 3 aromatic rings. The molecule has 2 aromatic carbocycles. The van der Waals surface area contributed by atoms with E-state index in [4.69, 9.17) is 9.47 Å². The normalized spacial score (nSPS) is 10.2. The van der Waals surface area contributed by atoms with Gasteiger partial charge in [-0.1, -0.05) is 30.3 Å². The van der Waals surface area contributed by atoms with Crippen LogP contribution >= 0.6 is 0 Å². The van der Waals surface area contributed by atoms with Crippen molar-refractivity contribution in [3.63, 3.8) is 0 Å². The van der Waals surface area contributed by atoms with Gasteiger partial charge in [-0.05, 0) is 17.7 Å². The van der Waals surface area contributed by atoms with Crippen LogP contribution in [0.25, 0.3) is 0 Å². The minimum absolute atomic E-state index is 0.288. The Morgan fingerprint density at radius 3 is 2.14 bits per heavy atom. The number of methoxy groups -OCH3 is 2. The zero-order valence-electron chi connectivity index (χ0n) is 15.5. The van der Waals surface area contributed by atoms with Gasteiger partial charge in [-0.25, -0.2) is 0 Å². The molecule has 1 aromatic heterocycles. The zero-order valence-corrected chi connectivity index (χ0v) is 15.5. The number of aromatic nitrogens is 2. The first-order valence-electron chi connectivity index (χ1n) is 8.49. The smallest absolute Gasteiger partial charge is 0.272 e. The van der Waals surface area contributed by atoms with Gasteiger partial charge in [0.15, 0.2) is 0 Å². The third kappa shape index (κ3) is 4.67. The predicted octanol–water partition coefficient (Wildman–Crippen LogP) is 2.02. The van der Waals surface area contributed by atoms with E-state index in [-0.39, 0.29) is 5.56 Å². The zero-order chi connectivity index (χ0) is 19.9. The summed E-state index contributed by atoms with van der Waals surface area (Å²) >= 11 is 0. The molecule has 0 radical (unpaired) electrons. The molecule has 0 spiro atoms. The second-order valence-electron chi connectivity index (χ2n) is 5.92. The fourth-order valence-corrected chi connectivity index (χ4v) is 2.53. The first kappa shape index (κ1) is 19.0. The molecule has 0 saturated heterocycles. The second kappa shape index (κ2) is 8.72. The summed E-state index contributed by atoms with van der Waals surface area (Å²) in [7, 11) is 2.98. The van der Waals surface area contributed by atoms with Gasteiger partial charge in [0.05, 0.1) is 32.5 Å². The Balaban J connectivity index is 1.60. The predicted molar refractivity (Wildman–Crippen MR) is 102 cm³/mol. The van der Waals surface area contributed by atoms with Crippen LogP contribution in [0.3, 0.4) is 0 Å². The molecule has 2 N–H and O–H groups in total. The summed E-state index contributed by atoms with van der Waals surface area (Å²) in [5.41, 5.74) is 6.44. The van der Waals surface area contributed by atoms with E-state index in [1.807, 2.05) is 30.3 Å². The van der Waals surface area contributed by atoms with Gasteiger partial charge in [0, 0.05) is 17.8 Å². The molecular weight excluding hydrogens is 360 g/mol. The van der Waals surface area contributed by atoms with Crippen LogP contribution in [0.15, 0.2) is 60.9 Å². The van der Waals surface area contributed by atoms with Crippen molar-refractivity contribution in [2.75, 3.05) is 14.2 Å². The SMILES string of the molecule is COc1cc(OC)cc(C(=O)NNC(=O)c2cnn(Cc3ccccc3)c2)c1. The quantitative estimate of drug-likeness (QED) is 0.638. The lowest BCUT2D eigenvalue weighted by Gasteiger charge is -2.09. The van der Waals surface area contributed by atoms with Crippen LogP contribution in [0.1, 0.15) is 26.3 Å². The van der Waals surface area contributed by atoms with E-state index < -0.39 is 11.8 Å².